The number of amides is 1. The topological polar surface area (TPSA) is 97.4 Å². The summed E-state index contributed by atoms with van der Waals surface area (Å²) in [6.07, 6.45) is 5.31. The number of rotatable bonds is 6. The van der Waals surface area contributed by atoms with Crippen LogP contribution in [0.2, 0.25) is 0 Å². The first-order valence-corrected chi connectivity index (χ1v) is 10.0. The Morgan fingerprint density at radius 2 is 2.03 bits per heavy atom. The number of anilines is 2. The van der Waals surface area contributed by atoms with Crippen molar-refractivity contribution in [2.24, 2.45) is 5.92 Å². The summed E-state index contributed by atoms with van der Waals surface area (Å²) in [5.41, 5.74) is -0.0325. The molecule has 1 N–H and O–H groups in total. The first kappa shape index (κ1) is 20.9. The molecule has 0 atom stereocenters. The van der Waals surface area contributed by atoms with E-state index in [9.17, 15) is 18.4 Å². The molecule has 0 radical (unpaired) electrons. The molecule has 0 saturated heterocycles. The van der Waals surface area contributed by atoms with Gasteiger partial charge in [0.1, 0.15) is 17.7 Å². The Morgan fingerprint density at radius 3 is 2.68 bits per heavy atom. The highest BCUT2D eigenvalue weighted by molar-refractivity contribution is 6.08. The molecule has 1 aliphatic carbocycles. The highest BCUT2D eigenvalue weighted by Crippen LogP contribution is 2.34. The van der Waals surface area contributed by atoms with Gasteiger partial charge in [0.2, 0.25) is 0 Å². The average molecular weight is 431 g/mol. The van der Waals surface area contributed by atoms with Crippen molar-refractivity contribution >= 4 is 29.3 Å². The molecular weight excluding hydrogens is 408 g/mol. The summed E-state index contributed by atoms with van der Waals surface area (Å²) in [6.45, 7) is 0. The Kier molecular flexibility index (Phi) is 5.66. The summed E-state index contributed by atoms with van der Waals surface area (Å²) in [7, 11) is 3.64. The molecule has 1 amide bonds. The quantitative estimate of drug-likeness (QED) is 0.603. The van der Waals surface area contributed by atoms with E-state index in [0.717, 1.165) is 6.29 Å². The van der Waals surface area contributed by atoms with Gasteiger partial charge in [0.15, 0.2) is 11.3 Å². The largest absolute Gasteiger partial charge is 0.363 e. The first-order valence-electron chi connectivity index (χ1n) is 10.0. The summed E-state index contributed by atoms with van der Waals surface area (Å²) >= 11 is 0. The fraction of sp³-hybridized carbons (Fsp3) is 0.450. The highest BCUT2D eigenvalue weighted by atomic mass is 19.3. The molecule has 31 heavy (non-hydrogen) atoms. The SMILES string of the molecule is CN(C)c1ccn2ncc(C(=O)Nc3cn([C@H]4CC[C@H](C=O)CC4)nc3C(F)F)c2n1. The second-order valence-electron chi connectivity index (χ2n) is 7.87. The Hall–Kier alpha value is -3.37. The zero-order valence-electron chi connectivity index (χ0n) is 17.2. The van der Waals surface area contributed by atoms with Crippen LogP contribution in [-0.4, -0.2) is 50.7 Å². The molecule has 0 bridgehead atoms. The second-order valence-corrected chi connectivity index (χ2v) is 7.87. The van der Waals surface area contributed by atoms with Gasteiger partial charge >= 0.3 is 0 Å². The molecule has 1 saturated carbocycles. The maximum atomic E-state index is 13.6. The van der Waals surface area contributed by atoms with Crippen LogP contribution in [0, 0.1) is 5.92 Å². The Balaban J connectivity index is 1.59. The van der Waals surface area contributed by atoms with Crippen LogP contribution in [0.25, 0.3) is 5.65 Å². The van der Waals surface area contributed by atoms with Crippen LogP contribution >= 0.6 is 0 Å². The van der Waals surface area contributed by atoms with Gasteiger partial charge < -0.3 is 15.0 Å². The second kappa shape index (κ2) is 8.40. The molecule has 3 aromatic heterocycles. The minimum absolute atomic E-state index is 0.00994. The average Bonchev–Trinajstić information content (AvgIpc) is 3.37. The van der Waals surface area contributed by atoms with Crippen LogP contribution in [0.4, 0.5) is 20.3 Å². The number of fused-ring (bicyclic) bond motifs is 1. The van der Waals surface area contributed by atoms with Crippen LogP contribution in [0.3, 0.4) is 0 Å². The molecule has 1 fully saturated rings. The number of nitrogens with one attached hydrogen (secondary N) is 1. The number of hydrogen-bond donors (Lipinski definition) is 1. The van der Waals surface area contributed by atoms with Crippen LogP contribution in [0.1, 0.15) is 54.2 Å². The van der Waals surface area contributed by atoms with Gasteiger partial charge in [-0.3, -0.25) is 9.48 Å². The fourth-order valence-electron chi connectivity index (χ4n) is 3.81. The maximum absolute atomic E-state index is 13.6. The van der Waals surface area contributed by atoms with Crippen LogP contribution < -0.4 is 10.2 Å². The lowest BCUT2D eigenvalue weighted by Crippen LogP contribution is -2.19. The van der Waals surface area contributed by atoms with E-state index in [1.54, 1.807) is 17.2 Å². The third kappa shape index (κ3) is 4.12. The Bertz CT molecular complexity index is 1100. The van der Waals surface area contributed by atoms with Gasteiger partial charge in [0, 0.05) is 32.4 Å². The van der Waals surface area contributed by atoms with E-state index < -0.39 is 18.0 Å². The summed E-state index contributed by atoms with van der Waals surface area (Å²) in [5, 5.41) is 10.7. The number of hydrogen-bond acceptors (Lipinski definition) is 6. The minimum atomic E-state index is -2.84. The van der Waals surface area contributed by atoms with Crippen molar-refractivity contribution in [1.82, 2.24) is 24.4 Å². The van der Waals surface area contributed by atoms with E-state index in [4.69, 9.17) is 0 Å². The molecule has 11 heteroatoms. The third-order valence-electron chi connectivity index (χ3n) is 5.58. The van der Waals surface area contributed by atoms with Gasteiger partial charge in [-0.2, -0.15) is 10.2 Å². The van der Waals surface area contributed by atoms with Gasteiger partial charge in [-0.25, -0.2) is 18.3 Å². The molecule has 164 valence electrons. The molecule has 0 aromatic carbocycles. The minimum Gasteiger partial charge on any atom is -0.363 e. The monoisotopic (exact) mass is 431 g/mol. The molecular formula is C20H23F2N7O2. The Morgan fingerprint density at radius 1 is 1.29 bits per heavy atom. The van der Waals surface area contributed by atoms with Gasteiger partial charge in [0.05, 0.1) is 17.9 Å². The normalized spacial score (nSPS) is 19.0. The van der Waals surface area contributed by atoms with Gasteiger partial charge in [-0.1, -0.05) is 0 Å². The molecule has 0 aliphatic heterocycles. The number of halogens is 2. The van der Waals surface area contributed by atoms with E-state index in [1.807, 2.05) is 14.1 Å². The van der Waals surface area contributed by atoms with Crippen LogP contribution in [0.5, 0.6) is 0 Å². The number of aromatic nitrogens is 5. The van der Waals surface area contributed by atoms with Crippen LogP contribution in [0.15, 0.2) is 24.7 Å². The number of carbonyl (C=O) groups excluding carboxylic acids is 2. The molecule has 0 unspecified atom stereocenters. The molecule has 9 nitrogen and oxygen atoms in total. The highest BCUT2D eigenvalue weighted by Gasteiger charge is 2.27. The van der Waals surface area contributed by atoms with Crippen molar-refractivity contribution in [3.63, 3.8) is 0 Å². The van der Waals surface area contributed by atoms with Crippen LogP contribution in [-0.2, 0) is 4.79 Å². The van der Waals surface area contributed by atoms with Crippen molar-refractivity contribution in [1.29, 1.82) is 0 Å². The van der Waals surface area contributed by atoms with Gasteiger partial charge in [-0.05, 0) is 31.7 Å². The number of carbonyl (C=O) groups is 2. The lowest BCUT2D eigenvalue weighted by Gasteiger charge is -2.25. The first-order chi connectivity index (χ1) is 14.9. The maximum Gasteiger partial charge on any atom is 0.284 e. The predicted molar refractivity (Wildman–Crippen MR) is 110 cm³/mol. The molecule has 0 spiro atoms. The van der Waals surface area contributed by atoms with Crippen molar-refractivity contribution in [2.75, 3.05) is 24.3 Å². The van der Waals surface area contributed by atoms with E-state index in [-0.39, 0.29) is 23.2 Å². The Labute approximate surface area is 177 Å². The van der Waals surface area contributed by atoms with Gasteiger partial charge in [0.25, 0.3) is 12.3 Å². The van der Waals surface area contributed by atoms with Crippen molar-refractivity contribution in [3.05, 3.63) is 35.9 Å². The third-order valence-corrected chi connectivity index (χ3v) is 5.58. The molecule has 3 aromatic rings. The van der Waals surface area contributed by atoms with E-state index >= 15 is 0 Å². The van der Waals surface area contributed by atoms with Gasteiger partial charge in [-0.15, -0.1) is 0 Å². The standard InChI is InChI=1S/C20H23F2N7O2/c1-27(2)16-7-8-28-19(25-16)14(9-23-28)20(31)24-15-10-29(26-17(15)18(21)22)13-5-3-12(11-30)4-6-13/h7-13,18H,3-6H2,1-2H3,(H,24,31)/t12-,13-. The predicted octanol–water partition coefficient (Wildman–Crippen LogP) is 3.11. The summed E-state index contributed by atoms with van der Waals surface area (Å²) in [6, 6.07) is 1.67. The molecule has 4 rings (SSSR count). The number of aldehydes is 1. The summed E-state index contributed by atoms with van der Waals surface area (Å²) < 4.78 is 30.1. The lowest BCUT2D eigenvalue weighted by atomic mass is 9.87. The van der Waals surface area contributed by atoms with E-state index in [2.05, 4.69) is 20.5 Å². The lowest BCUT2D eigenvalue weighted by molar-refractivity contribution is -0.112. The molecule has 3 heterocycles. The number of alkyl halides is 2. The van der Waals surface area contributed by atoms with Crippen molar-refractivity contribution in [3.8, 4) is 0 Å². The van der Waals surface area contributed by atoms with Crippen molar-refractivity contribution < 1.29 is 18.4 Å². The summed E-state index contributed by atoms with van der Waals surface area (Å²) in [4.78, 5) is 30.0. The zero-order valence-corrected chi connectivity index (χ0v) is 17.2. The fourth-order valence-corrected chi connectivity index (χ4v) is 3.81. The summed E-state index contributed by atoms with van der Waals surface area (Å²) in [5.74, 6) is 0.0503. The van der Waals surface area contributed by atoms with Crippen molar-refractivity contribution in [2.45, 2.75) is 38.2 Å². The van der Waals surface area contributed by atoms with E-state index in [0.29, 0.717) is 37.1 Å². The zero-order chi connectivity index (χ0) is 22.1. The molecule has 1 aliphatic rings. The smallest absolute Gasteiger partial charge is 0.284 e. The number of nitrogens with zero attached hydrogens (tertiary/aromatic N) is 6. The van der Waals surface area contributed by atoms with E-state index in [1.165, 1.54) is 21.6 Å².